The van der Waals surface area contributed by atoms with Crippen LogP contribution in [0.4, 0.5) is 4.79 Å². The van der Waals surface area contributed by atoms with Crippen LogP contribution in [0.5, 0.6) is 0 Å². The van der Waals surface area contributed by atoms with Crippen LogP contribution in [0.25, 0.3) is 0 Å². The van der Waals surface area contributed by atoms with Gasteiger partial charge >= 0.3 is 12.1 Å². The minimum atomic E-state index is -0.874. The molecule has 6 heteroatoms. The van der Waals surface area contributed by atoms with Crippen molar-refractivity contribution in [2.45, 2.75) is 59.3 Å². The molecule has 1 saturated heterocycles. The zero-order valence-electron chi connectivity index (χ0n) is 17.9. The van der Waals surface area contributed by atoms with Crippen molar-refractivity contribution in [3.05, 3.63) is 71.8 Å². The molecule has 2 aromatic rings. The van der Waals surface area contributed by atoms with Crippen LogP contribution in [0.2, 0.25) is 0 Å². The Hall–Kier alpha value is -2.86. The molecule has 0 bridgehead atoms. The molecule has 1 aliphatic rings. The number of ether oxygens (including phenoxy) is 3. The molecule has 1 aliphatic heterocycles. The fourth-order valence-electron chi connectivity index (χ4n) is 3.46. The molecule has 0 N–H and O–H groups in total. The first-order chi connectivity index (χ1) is 14.3. The first-order valence-corrected chi connectivity index (χ1v) is 10.1. The second-order valence-corrected chi connectivity index (χ2v) is 8.55. The molecule has 0 aromatic heterocycles. The highest BCUT2D eigenvalue weighted by atomic mass is 16.6. The SMILES string of the molecule is C[C@H]1O[C@@H](C(C)(C)C)N(C(=O)OCc2ccccc2)[C@@H]1C(=O)OCc1ccccc1. The van der Waals surface area contributed by atoms with Crippen molar-refractivity contribution in [3.8, 4) is 0 Å². The van der Waals surface area contributed by atoms with Gasteiger partial charge in [-0.3, -0.25) is 4.90 Å². The Morgan fingerprint density at radius 3 is 1.90 bits per heavy atom. The summed E-state index contributed by atoms with van der Waals surface area (Å²) in [5.41, 5.74) is 1.34. The van der Waals surface area contributed by atoms with E-state index >= 15 is 0 Å². The first kappa shape index (κ1) is 21.8. The summed E-state index contributed by atoms with van der Waals surface area (Å²) in [4.78, 5) is 27.4. The highest BCUT2D eigenvalue weighted by molar-refractivity contribution is 5.83. The second-order valence-electron chi connectivity index (χ2n) is 8.55. The lowest BCUT2D eigenvalue weighted by Gasteiger charge is -2.34. The summed E-state index contributed by atoms with van der Waals surface area (Å²) < 4.78 is 17.1. The van der Waals surface area contributed by atoms with E-state index in [4.69, 9.17) is 14.2 Å². The normalized spacial score (nSPS) is 21.3. The van der Waals surface area contributed by atoms with Crippen LogP contribution in [0, 0.1) is 5.41 Å². The number of benzene rings is 2. The molecule has 30 heavy (non-hydrogen) atoms. The number of hydrogen-bond acceptors (Lipinski definition) is 5. The Bertz CT molecular complexity index is 847. The van der Waals surface area contributed by atoms with Gasteiger partial charge < -0.3 is 14.2 Å². The Morgan fingerprint density at radius 1 is 0.900 bits per heavy atom. The predicted octanol–water partition coefficient (Wildman–Crippen LogP) is 4.53. The maximum Gasteiger partial charge on any atom is 0.413 e. The van der Waals surface area contributed by atoms with E-state index in [-0.39, 0.29) is 13.2 Å². The topological polar surface area (TPSA) is 65.1 Å². The van der Waals surface area contributed by atoms with Gasteiger partial charge in [-0.1, -0.05) is 81.4 Å². The summed E-state index contributed by atoms with van der Waals surface area (Å²) in [7, 11) is 0. The van der Waals surface area contributed by atoms with E-state index in [0.29, 0.717) is 0 Å². The average molecular weight is 411 g/mol. The number of carbonyl (C=O) groups is 2. The molecule has 1 fully saturated rings. The van der Waals surface area contributed by atoms with Crippen molar-refractivity contribution in [2.75, 3.05) is 0 Å². The van der Waals surface area contributed by atoms with E-state index < -0.39 is 35.9 Å². The van der Waals surface area contributed by atoms with Gasteiger partial charge in [0.15, 0.2) is 6.04 Å². The van der Waals surface area contributed by atoms with Crippen molar-refractivity contribution < 1.29 is 23.8 Å². The number of amides is 1. The van der Waals surface area contributed by atoms with Crippen molar-refractivity contribution in [1.82, 2.24) is 4.90 Å². The molecule has 1 heterocycles. The highest BCUT2D eigenvalue weighted by Crippen LogP contribution is 2.36. The fourth-order valence-corrected chi connectivity index (χ4v) is 3.46. The third-order valence-electron chi connectivity index (χ3n) is 4.96. The zero-order chi connectivity index (χ0) is 21.7. The minimum absolute atomic E-state index is 0.118. The number of esters is 1. The van der Waals surface area contributed by atoms with Gasteiger partial charge in [-0.25, -0.2) is 9.59 Å². The van der Waals surface area contributed by atoms with Gasteiger partial charge in [-0.05, 0) is 18.1 Å². The Balaban J connectivity index is 1.74. The van der Waals surface area contributed by atoms with Crippen LogP contribution >= 0.6 is 0 Å². The largest absolute Gasteiger partial charge is 0.459 e. The predicted molar refractivity (Wildman–Crippen MR) is 112 cm³/mol. The van der Waals surface area contributed by atoms with E-state index in [0.717, 1.165) is 11.1 Å². The van der Waals surface area contributed by atoms with Crippen molar-refractivity contribution in [2.24, 2.45) is 5.41 Å². The van der Waals surface area contributed by atoms with Gasteiger partial charge in [-0.2, -0.15) is 0 Å². The summed E-state index contributed by atoms with van der Waals surface area (Å²) in [5.74, 6) is -0.505. The molecular weight excluding hydrogens is 382 g/mol. The number of rotatable bonds is 5. The highest BCUT2D eigenvalue weighted by Gasteiger charge is 2.52. The summed E-state index contributed by atoms with van der Waals surface area (Å²) in [5, 5.41) is 0. The smallest absolute Gasteiger partial charge is 0.413 e. The Morgan fingerprint density at radius 2 is 1.40 bits per heavy atom. The van der Waals surface area contributed by atoms with Gasteiger partial charge in [0, 0.05) is 5.41 Å². The van der Waals surface area contributed by atoms with Crippen molar-refractivity contribution in [1.29, 1.82) is 0 Å². The lowest BCUT2D eigenvalue weighted by molar-refractivity contribution is -0.151. The van der Waals surface area contributed by atoms with E-state index in [9.17, 15) is 9.59 Å². The standard InChI is InChI=1S/C24H29NO5/c1-17-20(21(26)28-15-18-11-7-5-8-12-18)25(22(30-17)24(2,3)4)23(27)29-16-19-13-9-6-10-14-19/h5-14,17,20,22H,15-16H2,1-4H3/t17-,20+,22+/m1/s1. The van der Waals surface area contributed by atoms with Crippen molar-refractivity contribution >= 4 is 12.1 Å². The Labute approximate surface area is 177 Å². The molecular formula is C24H29NO5. The summed E-state index contributed by atoms with van der Waals surface area (Å²) in [6.45, 7) is 7.90. The molecule has 160 valence electrons. The molecule has 3 atom stereocenters. The van der Waals surface area contributed by atoms with Crippen LogP contribution in [0.1, 0.15) is 38.8 Å². The van der Waals surface area contributed by atoms with Gasteiger partial charge in [0.05, 0.1) is 6.10 Å². The maximum atomic E-state index is 13.0. The van der Waals surface area contributed by atoms with Crippen LogP contribution < -0.4 is 0 Å². The molecule has 0 aliphatic carbocycles. The lowest BCUT2D eigenvalue weighted by Crippen LogP contribution is -2.51. The quantitative estimate of drug-likeness (QED) is 0.677. The molecule has 3 rings (SSSR count). The molecule has 0 unspecified atom stereocenters. The van der Waals surface area contributed by atoms with E-state index in [1.165, 1.54) is 4.90 Å². The Kier molecular flexibility index (Phi) is 6.77. The molecule has 6 nitrogen and oxygen atoms in total. The number of nitrogens with zero attached hydrogens (tertiary/aromatic N) is 1. The van der Waals surface area contributed by atoms with Crippen LogP contribution in [0.3, 0.4) is 0 Å². The van der Waals surface area contributed by atoms with E-state index in [2.05, 4.69) is 0 Å². The van der Waals surface area contributed by atoms with Crippen LogP contribution in [0.15, 0.2) is 60.7 Å². The minimum Gasteiger partial charge on any atom is -0.459 e. The second kappa shape index (κ2) is 9.30. The number of carbonyl (C=O) groups excluding carboxylic acids is 2. The van der Waals surface area contributed by atoms with Crippen molar-refractivity contribution in [3.63, 3.8) is 0 Å². The van der Waals surface area contributed by atoms with E-state index in [1.54, 1.807) is 6.92 Å². The van der Waals surface area contributed by atoms with Crippen LogP contribution in [-0.2, 0) is 32.2 Å². The summed E-state index contributed by atoms with van der Waals surface area (Å²) in [6, 6.07) is 18.0. The average Bonchev–Trinajstić information content (AvgIpc) is 3.09. The number of hydrogen-bond donors (Lipinski definition) is 0. The molecule has 1 amide bonds. The summed E-state index contributed by atoms with van der Waals surface area (Å²) in [6.07, 6.45) is -1.71. The van der Waals surface area contributed by atoms with Gasteiger partial charge in [0.25, 0.3) is 0 Å². The molecule has 0 radical (unpaired) electrons. The summed E-state index contributed by atoms with van der Waals surface area (Å²) >= 11 is 0. The maximum absolute atomic E-state index is 13.0. The fraction of sp³-hybridized carbons (Fsp3) is 0.417. The molecule has 0 saturated carbocycles. The van der Waals surface area contributed by atoms with Crippen LogP contribution in [-0.4, -0.2) is 35.3 Å². The molecule has 0 spiro atoms. The third-order valence-corrected chi connectivity index (χ3v) is 4.96. The third kappa shape index (κ3) is 5.19. The van der Waals surface area contributed by atoms with E-state index in [1.807, 2.05) is 81.4 Å². The lowest BCUT2D eigenvalue weighted by atomic mass is 9.93. The zero-order valence-corrected chi connectivity index (χ0v) is 17.9. The first-order valence-electron chi connectivity index (χ1n) is 10.1. The molecule has 2 aromatic carbocycles. The monoisotopic (exact) mass is 411 g/mol. The van der Waals surface area contributed by atoms with Gasteiger partial charge in [-0.15, -0.1) is 0 Å². The van der Waals surface area contributed by atoms with Gasteiger partial charge in [0.1, 0.15) is 19.4 Å². The van der Waals surface area contributed by atoms with Gasteiger partial charge in [0.2, 0.25) is 0 Å².